The summed E-state index contributed by atoms with van der Waals surface area (Å²) in [5, 5.41) is 3.44. The Balaban J connectivity index is 2.15. The molecule has 0 radical (unpaired) electrons. The third-order valence-corrected chi connectivity index (χ3v) is 4.05. The molecule has 23 heavy (non-hydrogen) atoms. The van der Waals surface area contributed by atoms with Gasteiger partial charge in [0, 0.05) is 11.6 Å². The molecule has 122 valence electrons. The monoisotopic (exact) mass is 354 g/mol. The molecular weight excluding hydrogens is 338 g/mol. The largest absolute Gasteiger partial charge is 0.350 e. The van der Waals surface area contributed by atoms with Crippen LogP contribution in [0.25, 0.3) is 0 Å². The quantitative estimate of drug-likeness (QED) is 0.873. The van der Waals surface area contributed by atoms with Crippen LogP contribution in [0.1, 0.15) is 22.0 Å². The second kappa shape index (κ2) is 7.77. The normalized spacial score (nSPS) is 12.3. The number of carbonyl (C=O) groups is 1. The van der Waals surface area contributed by atoms with Gasteiger partial charge in [-0.2, -0.15) is 0 Å². The maximum Gasteiger partial charge on any atom is 0.255 e. The zero-order chi connectivity index (χ0) is 17.0. The van der Waals surface area contributed by atoms with Crippen molar-refractivity contribution >= 4 is 29.1 Å². The summed E-state index contributed by atoms with van der Waals surface area (Å²) in [7, 11) is 3.79. The number of benzene rings is 2. The van der Waals surface area contributed by atoms with E-state index < -0.39 is 11.7 Å². The average Bonchev–Trinajstić information content (AvgIpc) is 2.47. The van der Waals surface area contributed by atoms with Gasteiger partial charge in [0.05, 0.1) is 16.6 Å². The maximum absolute atomic E-state index is 13.8. The van der Waals surface area contributed by atoms with Crippen LogP contribution in [0.4, 0.5) is 4.39 Å². The third-order valence-electron chi connectivity index (χ3n) is 3.50. The highest BCUT2D eigenvalue weighted by Crippen LogP contribution is 2.22. The molecule has 2 aromatic carbocycles. The molecule has 0 saturated heterocycles. The van der Waals surface area contributed by atoms with Gasteiger partial charge in [0.2, 0.25) is 0 Å². The highest BCUT2D eigenvalue weighted by molar-refractivity contribution is 6.33. The van der Waals surface area contributed by atoms with Crippen LogP contribution in [0, 0.1) is 5.82 Å². The Morgan fingerprint density at radius 2 is 1.91 bits per heavy atom. The van der Waals surface area contributed by atoms with Gasteiger partial charge in [-0.15, -0.1) is 0 Å². The van der Waals surface area contributed by atoms with Gasteiger partial charge < -0.3 is 10.2 Å². The number of amides is 1. The minimum atomic E-state index is -0.640. The summed E-state index contributed by atoms with van der Waals surface area (Å²) >= 11 is 11.9. The van der Waals surface area contributed by atoms with E-state index in [1.54, 1.807) is 6.07 Å². The fourth-order valence-electron chi connectivity index (χ4n) is 2.30. The van der Waals surface area contributed by atoms with E-state index in [9.17, 15) is 9.18 Å². The van der Waals surface area contributed by atoms with Crippen molar-refractivity contribution in [3.63, 3.8) is 0 Å². The molecule has 0 aliphatic rings. The SMILES string of the molecule is CN(C)C(CNC(=O)c1c(F)cccc1Cl)c1cccc(Cl)c1. The Labute approximate surface area is 145 Å². The molecule has 2 rings (SSSR count). The summed E-state index contributed by atoms with van der Waals surface area (Å²) in [6.45, 7) is 0.302. The van der Waals surface area contributed by atoms with Crippen molar-refractivity contribution in [3.05, 3.63) is 69.5 Å². The summed E-state index contributed by atoms with van der Waals surface area (Å²) in [4.78, 5) is 14.2. The van der Waals surface area contributed by atoms with Crippen LogP contribution in [-0.4, -0.2) is 31.4 Å². The minimum Gasteiger partial charge on any atom is -0.350 e. The van der Waals surface area contributed by atoms with Crippen molar-refractivity contribution in [3.8, 4) is 0 Å². The second-order valence-electron chi connectivity index (χ2n) is 5.34. The van der Waals surface area contributed by atoms with E-state index in [0.29, 0.717) is 11.6 Å². The van der Waals surface area contributed by atoms with Crippen LogP contribution < -0.4 is 5.32 Å². The predicted octanol–water partition coefficient (Wildman–Crippen LogP) is 4.17. The Bertz CT molecular complexity index is 686. The number of nitrogens with one attached hydrogen (secondary N) is 1. The number of carbonyl (C=O) groups excluding carboxylic acids is 1. The van der Waals surface area contributed by atoms with Crippen molar-refractivity contribution in [1.82, 2.24) is 10.2 Å². The summed E-state index contributed by atoms with van der Waals surface area (Å²) in [5.41, 5.74) is 0.820. The number of halogens is 3. The van der Waals surface area contributed by atoms with E-state index >= 15 is 0 Å². The van der Waals surface area contributed by atoms with Crippen LogP contribution in [-0.2, 0) is 0 Å². The number of likely N-dealkylation sites (N-methyl/N-ethyl adjacent to an activating group) is 1. The second-order valence-corrected chi connectivity index (χ2v) is 6.18. The molecule has 0 fully saturated rings. The summed E-state index contributed by atoms with van der Waals surface area (Å²) in [5.74, 6) is -1.18. The molecule has 0 aliphatic carbocycles. The van der Waals surface area contributed by atoms with Gasteiger partial charge >= 0.3 is 0 Å². The Morgan fingerprint density at radius 1 is 1.22 bits per heavy atom. The first-order valence-electron chi connectivity index (χ1n) is 7.04. The van der Waals surface area contributed by atoms with E-state index in [1.165, 1.54) is 18.2 Å². The van der Waals surface area contributed by atoms with Gasteiger partial charge in [0.15, 0.2) is 0 Å². The molecule has 0 aromatic heterocycles. The lowest BCUT2D eigenvalue weighted by atomic mass is 10.1. The molecule has 0 bridgehead atoms. The van der Waals surface area contributed by atoms with Gasteiger partial charge in [-0.3, -0.25) is 4.79 Å². The first-order chi connectivity index (χ1) is 10.9. The summed E-state index contributed by atoms with van der Waals surface area (Å²) in [6.07, 6.45) is 0. The highest BCUT2D eigenvalue weighted by atomic mass is 35.5. The lowest BCUT2D eigenvalue weighted by Crippen LogP contribution is -2.35. The van der Waals surface area contributed by atoms with Crippen molar-refractivity contribution in [1.29, 1.82) is 0 Å². The van der Waals surface area contributed by atoms with Gasteiger partial charge in [-0.1, -0.05) is 41.4 Å². The van der Waals surface area contributed by atoms with Gasteiger partial charge in [-0.25, -0.2) is 4.39 Å². The smallest absolute Gasteiger partial charge is 0.255 e. The molecule has 0 saturated carbocycles. The van der Waals surface area contributed by atoms with Crippen LogP contribution in [0.15, 0.2) is 42.5 Å². The fraction of sp³-hybridized carbons (Fsp3) is 0.235. The van der Waals surface area contributed by atoms with E-state index in [2.05, 4.69) is 5.32 Å². The molecule has 1 unspecified atom stereocenters. The Hall–Kier alpha value is -1.62. The summed E-state index contributed by atoms with van der Waals surface area (Å²) in [6, 6.07) is 11.5. The van der Waals surface area contributed by atoms with E-state index in [-0.39, 0.29) is 16.6 Å². The fourth-order valence-corrected chi connectivity index (χ4v) is 2.75. The zero-order valence-electron chi connectivity index (χ0n) is 12.8. The Morgan fingerprint density at radius 3 is 2.52 bits per heavy atom. The van der Waals surface area contributed by atoms with Crippen molar-refractivity contribution in [2.75, 3.05) is 20.6 Å². The van der Waals surface area contributed by atoms with Crippen LogP contribution in [0.2, 0.25) is 10.0 Å². The van der Waals surface area contributed by atoms with Crippen LogP contribution >= 0.6 is 23.2 Å². The van der Waals surface area contributed by atoms with Crippen LogP contribution in [0.5, 0.6) is 0 Å². The number of nitrogens with zero attached hydrogens (tertiary/aromatic N) is 1. The highest BCUT2D eigenvalue weighted by Gasteiger charge is 2.19. The first kappa shape index (κ1) is 17.7. The molecule has 0 spiro atoms. The predicted molar refractivity (Wildman–Crippen MR) is 91.6 cm³/mol. The Kier molecular flexibility index (Phi) is 5.99. The average molecular weight is 355 g/mol. The number of hydrogen-bond acceptors (Lipinski definition) is 2. The lowest BCUT2D eigenvalue weighted by molar-refractivity contribution is 0.0938. The number of rotatable bonds is 5. The number of hydrogen-bond donors (Lipinski definition) is 1. The van der Waals surface area contributed by atoms with Crippen molar-refractivity contribution in [2.24, 2.45) is 0 Å². The molecule has 1 amide bonds. The molecule has 3 nitrogen and oxygen atoms in total. The summed E-state index contributed by atoms with van der Waals surface area (Å²) < 4.78 is 13.8. The van der Waals surface area contributed by atoms with E-state index in [1.807, 2.05) is 37.2 Å². The zero-order valence-corrected chi connectivity index (χ0v) is 14.3. The van der Waals surface area contributed by atoms with Crippen molar-refractivity contribution < 1.29 is 9.18 Å². The van der Waals surface area contributed by atoms with Gasteiger partial charge in [-0.05, 0) is 43.9 Å². The molecule has 6 heteroatoms. The standard InChI is InChI=1S/C17H17Cl2FN2O/c1-22(2)15(11-5-3-6-12(18)9-11)10-21-17(23)16-13(19)7-4-8-14(16)20/h3-9,15H,10H2,1-2H3,(H,21,23). The molecular formula is C17H17Cl2FN2O. The molecule has 1 atom stereocenters. The first-order valence-corrected chi connectivity index (χ1v) is 7.80. The van der Waals surface area contributed by atoms with Crippen LogP contribution in [0.3, 0.4) is 0 Å². The van der Waals surface area contributed by atoms with Gasteiger partial charge in [0.25, 0.3) is 5.91 Å². The van der Waals surface area contributed by atoms with Crippen molar-refractivity contribution in [2.45, 2.75) is 6.04 Å². The van der Waals surface area contributed by atoms with Gasteiger partial charge in [0.1, 0.15) is 5.82 Å². The molecule has 2 aromatic rings. The third kappa shape index (κ3) is 4.44. The van der Waals surface area contributed by atoms with E-state index in [4.69, 9.17) is 23.2 Å². The molecule has 0 heterocycles. The van der Waals surface area contributed by atoms with E-state index in [0.717, 1.165) is 5.56 Å². The minimum absolute atomic E-state index is 0.0895. The lowest BCUT2D eigenvalue weighted by Gasteiger charge is -2.25. The molecule has 0 aliphatic heterocycles. The topological polar surface area (TPSA) is 32.3 Å². The maximum atomic E-state index is 13.8. The molecule has 1 N–H and O–H groups in total.